The standard InChI is InChI=1S/C14H18O/c1-3-4-6-11-14(15)12(2)13-9-7-5-8-10-13/h3,5,7-10,12H,1,4,6,11H2,2H3. The maximum atomic E-state index is 11.8. The Morgan fingerprint density at radius 1 is 1.40 bits per heavy atom. The lowest BCUT2D eigenvalue weighted by Gasteiger charge is -2.09. The minimum absolute atomic E-state index is 0.0241. The molecule has 0 aliphatic heterocycles. The minimum Gasteiger partial charge on any atom is -0.299 e. The number of benzene rings is 1. The van der Waals surface area contributed by atoms with Crippen molar-refractivity contribution < 1.29 is 4.79 Å². The van der Waals surface area contributed by atoms with Crippen LogP contribution < -0.4 is 0 Å². The Hall–Kier alpha value is -1.37. The zero-order valence-electron chi connectivity index (χ0n) is 9.28. The van der Waals surface area contributed by atoms with Crippen LogP contribution in [0.5, 0.6) is 0 Å². The lowest BCUT2D eigenvalue weighted by Crippen LogP contribution is -2.08. The molecule has 0 amide bonds. The molecule has 0 N–H and O–H groups in total. The van der Waals surface area contributed by atoms with Crippen LogP contribution in [-0.4, -0.2) is 5.78 Å². The molecule has 0 heterocycles. The van der Waals surface area contributed by atoms with Crippen molar-refractivity contribution in [2.24, 2.45) is 0 Å². The van der Waals surface area contributed by atoms with Gasteiger partial charge in [-0.1, -0.05) is 43.3 Å². The van der Waals surface area contributed by atoms with Gasteiger partial charge in [0.05, 0.1) is 0 Å². The molecule has 1 heteroatoms. The second kappa shape index (κ2) is 6.18. The normalized spacial score (nSPS) is 12.1. The molecule has 0 radical (unpaired) electrons. The number of hydrogen-bond acceptors (Lipinski definition) is 1. The lowest BCUT2D eigenvalue weighted by molar-refractivity contribution is -0.120. The van der Waals surface area contributed by atoms with Gasteiger partial charge in [-0.25, -0.2) is 0 Å². The molecular formula is C14H18O. The van der Waals surface area contributed by atoms with Crippen LogP contribution in [0.3, 0.4) is 0 Å². The summed E-state index contributed by atoms with van der Waals surface area (Å²) in [5.74, 6) is 0.346. The smallest absolute Gasteiger partial charge is 0.140 e. The topological polar surface area (TPSA) is 17.1 Å². The van der Waals surface area contributed by atoms with Gasteiger partial charge in [-0.05, 0) is 18.4 Å². The summed E-state index contributed by atoms with van der Waals surface area (Å²) < 4.78 is 0. The Labute approximate surface area is 91.8 Å². The van der Waals surface area contributed by atoms with Gasteiger partial charge in [0.1, 0.15) is 5.78 Å². The summed E-state index contributed by atoms with van der Waals surface area (Å²) in [7, 11) is 0. The summed E-state index contributed by atoms with van der Waals surface area (Å²) in [5, 5.41) is 0. The van der Waals surface area contributed by atoms with E-state index in [-0.39, 0.29) is 5.92 Å². The van der Waals surface area contributed by atoms with Crippen LogP contribution >= 0.6 is 0 Å². The maximum Gasteiger partial charge on any atom is 0.140 e. The van der Waals surface area contributed by atoms with Gasteiger partial charge in [-0.3, -0.25) is 4.79 Å². The molecule has 0 saturated heterocycles. The Morgan fingerprint density at radius 3 is 2.67 bits per heavy atom. The number of carbonyl (C=O) groups excluding carboxylic acids is 1. The Balaban J connectivity index is 2.50. The van der Waals surface area contributed by atoms with Gasteiger partial charge < -0.3 is 0 Å². The molecule has 0 saturated carbocycles. The summed E-state index contributed by atoms with van der Waals surface area (Å²) >= 11 is 0. The van der Waals surface area contributed by atoms with E-state index in [1.165, 1.54) is 0 Å². The first-order valence-corrected chi connectivity index (χ1v) is 5.44. The number of rotatable bonds is 6. The van der Waals surface area contributed by atoms with Gasteiger partial charge >= 0.3 is 0 Å². The molecule has 1 nitrogen and oxygen atoms in total. The number of unbranched alkanes of at least 4 members (excludes halogenated alkanes) is 1. The van der Waals surface area contributed by atoms with Crippen LogP contribution in [-0.2, 0) is 4.79 Å². The quantitative estimate of drug-likeness (QED) is 0.507. The summed E-state index contributed by atoms with van der Waals surface area (Å²) in [4.78, 5) is 11.8. The maximum absolute atomic E-state index is 11.8. The predicted octanol–water partition coefficient (Wildman–Crippen LogP) is 3.72. The van der Waals surface area contributed by atoms with Gasteiger partial charge in [0.25, 0.3) is 0 Å². The zero-order chi connectivity index (χ0) is 11.1. The van der Waals surface area contributed by atoms with Crippen LogP contribution in [0.1, 0.15) is 37.7 Å². The number of allylic oxidation sites excluding steroid dienone is 1. The summed E-state index contributed by atoms with van der Waals surface area (Å²) in [5.41, 5.74) is 1.11. The van der Waals surface area contributed by atoms with Crippen LogP contribution in [0.25, 0.3) is 0 Å². The first kappa shape index (κ1) is 11.7. The third kappa shape index (κ3) is 3.70. The summed E-state index contributed by atoms with van der Waals surface area (Å²) in [6.07, 6.45) is 4.36. The fourth-order valence-electron chi connectivity index (χ4n) is 1.56. The van der Waals surface area contributed by atoms with Crippen LogP contribution in [0.2, 0.25) is 0 Å². The Morgan fingerprint density at radius 2 is 2.07 bits per heavy atom. The van der Waals surface area contributed by atoms with Gasteiger partial charge in [0.2, 0.25) is 0 Å². The number of hydrogen-bond donors (Lipinski definition) is 0. The molecule has 1 rings (SSSR count). The van der Waals surface area contributed by atoms with E-state index in [4.69, 9.17) is 0 Å². The molecule has 0 spiro atoms. The highest BCUT2D eigenvalue weighted by atomic mass is 16.1. The van der Waals surface area contributed by atoms with Gasteiger partial charge in [0, 0.05) is 12.3 Å². The average Bonchev–Trinajstić information content (AvgIpc) is 2.29. The van der Waals surface area contributed by atoms with E-state index in [0.717, 1.165) is 18.4 Å². The van der Waals surface area contributed by atoms with Gasteiger partial charge in [-0.15, -0.1) is 6.58 Å². The minimum atomic E-state index is 0.0241. The molecule has 0 aliphatic rings. The molecule has 15 heavy (non-hydrogen) atoms. The molecule has 0 aromatic heterocycles. The van der Waals surface area contributed by atoms with Crippen LogP contribution in [0.15, 0.2) is 43.0 Å². The molecule has 1 atom stereocenters. The molecule has 1 aromatic carbocycles. The van der Waals surface area contributed by atoms with Crippen molar-refractivity contribution in [2.75, 3.05) is 0 Å². The van der Waals surface area contributed by atoms with E-state index in [0.29, 0.717) is 12.2 Å². The van der Waals surface area contributed by atoms with E-state index in [1.807, 2.05) is 43.3 Å². The van der Waals surface area contributed by atoms with E-state index in [1.54, 1.807) is 0 Å². The number of Topliss-reactive ketones (excluding diaryl/α,β-unsaturated/α-hetero) is 1. The third-order valence-corrected chi connectivity index (χ3v) is 2.61. The molecule has 0 bridgehead atoms. The van der Waals surface area contributed by atoms with Gasteiger partial charge in [-0.2, -0.15) is 0 Å². The van der Waals surface area contributed by atoms with E-state index < -0.39 is 0 Å². The van der Waals surface area contributed by atoms with Crippen molar-refractivity contribution in [3.8, 4) is 0 Å². The molecule has 80 valence electrons. The highest BCUT2D eigenvalue weighted by molar-refractivity contribution is 5.85. The van der Waals surface area contributed by atoms with Crippen molar-refractivity contribution in [2.45, 2.75) is 32.1 Å². The third-order valence-electron chi connectivity index (χ3n) is 2.61. The molecule has 1 unspecified atom stereocenters. The number of ketones is 1. The van der Waals surface area contributed by atoms with Crippen molar-refractivity contribution in [3.05, 3.63) is 48.6 Å². The summed E-state index contributed by atoms with van der Waals surface area (Å²) in [6.45, 7) is 5.63. The SMILES string of the molecule is C=CCCCC(=O)C(C)c1ccccc1. The molecule has 1 aromatic rings. The van der Waals surface area contributed by atoms with E-state index in [2.05, 4.69) is 6.58 Å². The number of carbonyl (C=O) groups is 1. The second-order valence-electron chi connectivity index (χ2n) is 3.78. The van der Waals surface area contributed by atoms with E-state index >= 15 is 0 Å². The van der Waals surface area contributed by atoms with Crippen molar-refractivity contribution in [1.29, 1.82) is 0 Å². The first-order valence-electron chi connectivity index (χ1n) is 5.44. The fraction of sp³-hybridized carbons (Fsp3) is 0.357. The van der Waals surface area contributed by atoms with Crippen LogP contribution in [0.4, 0.5) is 0 Å². The zero-order valence-corrected chi connectivity index (χ0v) is 9.28. The highest BCUT2D eigenvalue weighted by Gasteiger charge is 2.13. The molecule has 0 fully saturated rings. The Bertz CT molecular complexity index is 313. The monoisotopic (exact) mass is 202 g/mol. The largest absolute Gasteiger partial charge is 0.299 e. The average molecular weight is 202 g/mol. The van der Waals surface area contributed by atoms with Gasteiger partial charge in [0.15, 0.2) is 0 Å². The van der Waals surface area contributed by atoms with Crippen LogP contribution in [0, 0.1) is 0 Å². The fourth-order valence-corrected chi connectivity index (χ4v) is 1.56. The van der Waals surface area contributed by atoms with Crippen molar-refractivity contribution in [3.63, 3.8) is 0 Å². The molecular weight excluding hydrogens is 184 g/mol. The predicted molar refractivity (Wildman–Crippen MR) is 63.9 cm³/mol. The second-order valence-corrected chi connectivity index (χ2v) is 3.78. The molecule has 0 aliphatic carbocycles. The first-order chi connectivity index (χ1) is 7.25. The lowest BCUT2D eigenvalue weighted by atomic mass is 9.94. The van der Waals surface area contributed by atoms with Crippen molar-refractivity contribution in [1.82, 2.24) is 0 Å². The highest BCUT2D eigenvalue weighted by Crippen LogP contribution is 2.18. The van der Waals surface area contributed by atoms with E-state index in [9.17, 15) is 4.79 Å². The Kier molecular flexibility index (Phi) is 4.82. The summed E-state index contributed by atoms with van der Waals surface area (Å²) in [6, 6.07) is 9.94. The van der Waals surface area contributed by atoms with Crippen molar-refractivity contribution >= 4 is 5.78 Å².